The van der Waals surface area contributed by atoms with Gasteiger partial charge in [0, 0.05) is 36.3 Å². The number of ether oxygens (including phenoxy) is 6. The predicted octanol–water partition coefficient (Wildman–Crippen LogP) is -6.06. The first kappa shape index (κ1) is 45.8. The van der Waals surface area contributed by atoms with Crippen molar-refractivity contribution < 1.29 is 93.9 Å². The first-order chi connectivity index (χ1) is 26.1. The van der Waals surface area contributed by atoms with Gasteiger partial charge in [0.05, 0.1) is 32.0 Å². The van der Waals surface area contributed by atoms with E-state index in [0.717, 1.165) is 6.92 Å². The lowest BCUT2D eigenvalue weighted by Gasteiger charge is -2.51. The molecular formula is C28H46N8O19. The molecule has 3 saturated heterocycles. The third-order valence-corrected chi connectivity index (χ3v) is 8.83. The molecule has 0 aliphatic carbocycles. The summed E-state index contributed by atoms with van der Waals surface area (Å²) in [7, 11) is 0. The van der Waals surface area contributed by atoms with E-state index >= 15 is 0 Å². The van der Waals surface area contributed by atoms with E-state index in [0.29, 0.717) is 0 Å². The number of hydrogen-bond acceptors (Lipinski definition) is 20. The SMILES string of the molecule is CC(=O)N[C@H]1[C@@H](OCCCN=[N+]=[N-])O[C@H](CO)[C@H](O)[C@@H]1O[C@@H]1O[C@H](CO)[C@H](O)[C@H](O[C@]2(C(=O)O)C[C@H](O)[C@@H](NC(=O)CN=[N+]=[N-])[C@H]([C@H](O)[C@H](O)CO)O2)[C@H]1O. The maximum atomic E-state index is 12.9. The minimum absolute atomic E-state index is 0.0153. The van der Waals surface area contributed by atoms with Crippen LogP contribution < -0.4 is 10.6 Å². The average Bonchev–Trinajstić information content (AvgIpc) is 3.15. The molecule has 3 fully saturated rings. The number of carbonyl (C=O) groups is 3. The van der Waals surface area contributed by atoms with Crippen molar-refractivity contribution in [2.45, 2.75) is 117 Å². The zero-order valence-corrected chi connectivity index (χ0v) is 29.1. The molecule has 0 unspecified atom stereocenters. The van der Waals surface area contributed by atoms with Crippen molar-refractivity contribution >= 4 is 17.8 Å². The third kappa shape index (κ3) is 11.3. The lowest BCUT2D eigenvalue weighted by atomic mass is 9.88. The molecule has 27 heteroatoms. The third-order valence-electron chi connectivity index (χ3n) is 8.83. The normalized spacial score (nSPS) is 37.4. The first-order valence-electron chi connectivity index (χ1n) is 16.8. The number of azide groups is 2. The van der Waals surface area contributed by atoms with Crippen LogP contribution in [-0.4, -0.2) is 206 Å². The molecule has 12 N–H and O–H groups in total. The Morgan fingerprint density at radius 2 is 1.53 bits per heavy atom. The highest BCUT2D eigenvalue weighted by Gasteiger charge is 2.60. The van der Waals surface area contributed by atoms with E-state index in [9.17, 15) is 65.4 Å². The highest BCUT2D eigenvalue weighted by molar-refractivity contribution is 5.79. The number of nitrogens with zero attached hydrogens (tertiary/aromatic N) is 6. The predicted molar refractivity (Wildman–Crippen MR) is 172 cm³/mol. The van der Waals surface area contributed by atoms with Crippen LogP contribution in [0.3, 0.4) is 0 Å². The van der Waals surface area contributed by atoms with Gasteiger partial charge in [-0.1, -0.05) is 10.2 Å². The van der Waals surface area contributed by atoms with Gasteiger partial charge < -0.3 is 90.1 Å². The van der Waals surface area contributed by atoms with Crippen molar-refractivity contribution in [3.05, 3.63) is 20.9 Å². The van der Waals surface area contributed by atoms with E-state index in [2.05, 4.69) is 30.7 Å². The lowest BCUT2D eigenvalue weighted by Crippen LogP contribution is -2.71. The molecule has 0 aromatic heterocycles. The van der Waals surface area contributed by atoms with Crippen molar-refractivity contribution in [1.82, 2.24) is 10.6 Å². The molecule has 3 heterocycles. The fourth-order valence-electron chi connectivity index (χ4n) is 6.16. The van der Waals surface area contributed by atoms with Crippen molar-refractivity contribution in [3.8, 4) is 0 Å². The Bertz CT molecular complexity index is 1390. The molecule has 3 aliphatic heterocycles. The Hall–Kier alpha value is -3.57. The first-order valence-corrected chi connectivity index (χ1v) is 16.8. The Morgan fingerprint density at radius 3 is 2.09 bits per heavy atom. The van der Waals surface area contributed by atoms with Crippen LogP contribution in [0.4, 0.5) is 0 Å². The minimum Gasteiger partial charge on any atom is -0.477 e. The Kier molecular flexibility index (Phi) is 17.6. The van der Waals surface area contributed by atoms with E-state index < -0.39 is 148 Å². The number of nitrogens with one attached hydrogen (secondary N) is 2. The quantitative estimate of drug-likeness (QED) is 0.0250. The molecular weight excluding hydrogens is 752 g/mol. The van der Waals surface area contributed by atoms with E-state index in [1.807, 2.05) is 0 Å². The second-order valence-corrected chi connectivity index (χ2v) is 12.6. The van der Waals surface area contributed by atoms with Crippen LogP contribution in [-0.2, 0) is 42.8 Å². The van der Waals surface area contributed by atoms with Crippen LogP contribution in [0.15, 0.2) is 10.2 Å². The van der Waals surface area contributed by atoms with E-state index in [1.165, 1.54) is 0 Å². The smallest absolute Gasteiger partial charge is 0.364 e. The maximum Gasteiger partial charge on any atom is 0.364 e. The number of hydrogen-bond donors (Lipinski definition) is 12. The summed E-state index contributed by atoms with van der Waals surface area (Å²) < 4.78 is 34.0. The summed E-state index contributed by atoms with van der Waals surface area (Å²) in [5.41, 5.74) is 17.0. The monoisotopic (exact) mass is 798 g/mol. The summed E-state index contributed by atoms with van der Waals surface area (Å²) in [6.07, 6.45) is -26.1. The maximum absolute atomic E-state index is 12.9. The standard InChI is InChI=1S/C28H46N8O19/c1-10(40)33-17-22(19(45)13(8-38)51-25(17)50-4-2-3-31-35-29)53-26-21(47)24(20(46)14(9-39)52-26)55-28(27(48)49)5-11(41)16(34-15(43)6-32-36-30)23(54-28)18(44)12(42)7-37/h11-14,16-26,37-39,41-42,44-47H,2-9H2,1H3,(H,33,40)(H,34,43)(H,48,49)/t11-,12+,13+,14+,16+,17+,18+,19-,20-,21+,22+,23+,24-,25-,26-,28-/m0/s1. The Labute approximate surface area is 310 Å². The molecule has 0 aromatic rings. The molecule has 312 valence electrons. The minimum atomic E-state index is -3.14. The zero-order valence-electron chi connectivity index (χ0n) is 29.1. The molecule has 2 amide bonds. The van der Waals surface area contributed by atoms with Gasteiger partial charge in [0.1, 0.15) is 73.6 Å². The van der Waals surface area contributed by atoms with Gasteiger partial charge >= 0.3 is 5.97 Å². The number of rotatable bonds is 19. The molecule has 27 nitrogen and oxygen atoms in total. The van der Waals surface area contributed by atoms with E-state index in [-0.39, 0.29) is 19.6 Å². The summed E-state index contributed by atoms with van der Waals surface area (Å²) in [6, 6.07) is -3.16. The Morgan fingerprint density at radius 1 is 0.909 bits per heavy atom. The molecule has 0 bridgehead atoms. The number of amides is 2. The molecule has 0 saturated carbocycles. The van der Waals surface area contributed by atoms with Crippen molar-refractivity contribution in [3.63, 3.8) is 0 Å². The summed E-state index contributed by atoms with van der Waals surface area (Å²) in [5.74, 6) is -6.92. The van der Waals surface area contributed by atoms with Gasteiger partial charge in [-0.25, -0.2) is 4.79 Å². The molecule has 3 rings (SSSR count). The second-order valence-electron chi connectivity index (χ2n) is 12.6. The Balaban J connectivity index is 1.98. The van der Waals surface area contributed by atoms with Gasteiger partial charge in [-0.15, -0.1) is 0 Å². The zero-order chi connectivity index (χ0) is 41.0. The van der Waals surface area contributed by atoms with Crippen molar-refractivity contribution in [2.24, 2.45) is 10.2 Å². The van der Waals surface area contributed by atoms with Crippen LogP contribution >= 0.6 is 0 Å². The van der Waals surface area contributed by atoms with Crippen LogP contribution in [0.1, 0.15) is 19.8 Å². The topological polar surface area (TPSA) is 430 Å². The summed E-state index contributed by atoms with van der Waals surface area (Å²) in [5, 5.41) is 117. The van der Waals surface area contributed by atoms with Crippen LogP contribution in [0.5, 0.6) is 0 Å². The second kappa shape index (κ2) is 21.1. The van der Waals surface area contributed by atoms with Crippen molar-refractivity contribution in [1.29, 1.82) is 0 Å². The van der Waals surface area contributed by atoms with Crippen molar-refractivity contribution in [2.75, 3.05) is 39.5 Å². The van der Waals surface area contributed by atoms with Crippen LogP contribution in [0.2, 0.25) is 0 Å². The molecule has 55 heavy (non-hydrogen) atoms. The van der Waals surface area contributed by atoms with Crippen LogP contribution in [0.25, 0.3) is 20.9 Å². The van der Waals surface area contributed by atoms with Gasteiger partial charge in [0.25, 0.3) is 5.79 Å². The fraction of sp³-hybridized carbons (Fsp3) is 0.893. The molecule has 0 aromatic carbocycles. The van der Waals surface area contributed by atoms with E-state index in [4.69, 9.17) is 39.5 Å². The van der Waals surface area contributed by atoms with Gasteiger partial charge in [-0.05, 0) is 17.5 Å². The number of aliphatic hydroxyl groups is 9. The lowest BCUT2D eigenvalue weighted by molar-refractivity contribution is -0.381. The fourth-order valence-corrected chi connectivity index (χ4v) is 6.16. The average molecular weight is 799 g/mol. The highest BCUT2D eigenvalue weighted by Crippen LogP contribution is 2.38. The molecule has 3 aliphatic rings. The number of aliphatic hydroxyl groups excluding tert-OH is 9. The summed E-state index contributed by atoms with van der Waals surface area (Å²) in [6.45, 7) is -2.80. The summed E-state index contributed by atoms with van der Waals surface area (Å²) >= 11 is 0. The number of carbonyl (C=O) groups excluding carboxylic acids is 2. The number of aliphatic carboxylic acids is 1. The number of carboxylic acids is 1. The van der Waals surface area contributed by atoms with E-state index in [1.54, 1.807) is 0 Å². The molecule has 16 atom stereocenters. The van der Waals surface area contributed by atoms with Gasteiger partial charge in [0.15, 0.2) is 12.6 Å². The molecule has 0 radical (unpaired) electrons. The summed E-state index contributed by atoms with van der Waals surface area (Å²) in [4.78, 5) is 42.5. The van der Waals surface area contributed by atoms with Gasteiger partial charge in [-0.2, -0.15) is 0 Å². The van der Waals surface area contributed by atoms with Gasteiger partial charge in [0.2, 0.25) is 11.8 Å². The molecule has 0 spiro atoms. The number of carboxylic acid groups (broad SMARTS) is 1. The van der Waals surface area contributed by atoms with Crippen LogP contribution in [0, 0.1) is 0 Å². The van der Waals surface area contributed by atoms with Gasteiger partial charge in [-0.3, -0.25) is 9.59 Å². The highest BCUT2D eigenvalue weighted by atomic mass is 16.8. The largest absolute Gasteiger partial charge is 0.477 e.